The second kappa shape index (κ2) is 7.27. The Kier molecular flexibility index (Phi) is 5.04. The maximum absolute atomic E-state index is 13.2. The van der Waals surface area contributed by atoms with Crippen molar-refractivity contribution in [3.05, 3.63) is 63.3 Å². The van der Waals surface area contributed by atoms with Crippen LogP contribution in [-0.4, -0.2) is 19.2 Å². The van der Waals surface area contributed by atoms with E-state index >= 15 is 0 Å². The molecule has 0 fully saturated rings. The fraction of sp³-hybridized carbons (Fsp3) is 0.273. The van der Waals surface area contributed by atoms with Crippen molar-refractivity contribution < 1.29 is 18.7 Å². The van der Waals surface area contributed by atoms with Gasteiger partial charge in [-0.25, -0.2) is 4.79 Å². The highest BCUT2D eigenvalue weighted by Gasteiger charge is 2.24. The number of methoxy groups -OCH3 is 1. The standard InChI is InChI=1S/C22H22O5/c1-12-6-8-16(9-7-12)20-21(26-15(4)22(24)25-5)19(23)18-14(3)10-13(2)11-17(18)27-20/h6-11,15H,1-5H3/t15-/m1/s1. The van der Waals surface area contributed by atoms with Gasteiger partial charge in [-0.15, -0.1) is 0 Å². The molecule has 0 aliphatic rings. The molecule has 3 aromatic rings. The van der Waals surface area contributed by atoms with Crippen LogP contribution >= 0.6 is 0 Å². The fourth-order valence-corrected chi connectivity index (χ4v) is 3.07. The Labute approximate surface area is 157 Å². The maximum Gasteiger partial charge on any atom is 0.346 e. The highest BCUT2D eigenvalue weighted by Crippen LogP contribution is 2.33. The minimum absolute atomic E-state index is 0.0104. The molecule has 3 rings (SSSR count). The molecular formula is C22H22O5. The van der Waals surface area contributed by atoms with Gasteiger partial charge in [0.1, 0.15) is 5.58 Å². The predicted molar refractivity (Wildman–Crippen MR) is 104 cm³/mol. The Bertz CT molecular complexity index is 1060. The first-order valence-electron chi connectivity index (χ1n) is 8.71. The van der Waals surface area contributed by atoms with Crippen LogP contribution in [0.5, 0.6) is 5.75 Å². The number of hydrogen-bond donors (Lipinski definition) is 0. The van der Waals surface area contributed by atoms with Crippen LogP contribution in [0.2, 0.25) is 0 Å². The number of aryl methyl sites for hydroxylation is 3. The zero-order valence-corrected chi connectivity index (χ0v) is 16.1. The third-order valence-corrected chi connectivity index (χ3v) is 4.44. The highest BCUT2D eigenvalue weighted by atomic mass is 16.6. The van der Waals surface area contributed by atoms with Gasteiger partial charge in [-0.1, -0.05) is 35.9 Å². The van der Waals surface area contributed by atoms with Crippen molar-refractivity contribution in [3.8, 4) is 17.1 Å². The second-order valence-corrected chi connectivity index (χ2v) is 6.69. The van der Waals surface area contributed by atoms with Crippen LogP contribution in [0.4, 0.5) is 0 Å². The second-order valence-electron chi connectivity index (χ2n) is 6.69. The predicted octanol–water partition coefficient (Wildman–Crippen LogP) is 4.33. The van der Waals surface area contributed by atoms with E-state index in [2.05, 4.69) is 0 Å². The number of carbonyl (C=O) groups is 1. The molecule has 27 heavy (non-hydrogen) atoms. The molecule has 5 heteroatoms. The van der Waals surface area contributed by atoms with Gasteiger partial charge in [-0.05, 0) is 44.9 Å². The molecule has 140 valence electrons. The summed E-state index contributed by atoms with van der Waals surface area (Å²) in [6.07, 6.45) is -0.940. The Morgan fingerprint density at radius 2 is 1.70 bits per heavy atom. The lowest BCUT2D eigenvalue weighted by molar-refractivity contribution is -0.147. The SMILES string of the molecule is COC(=O)[C@@H](C)Oc1c(-c2ccc(C)cc2)oc2cc(C)cc(C)c2c1=O. The molecule has 1 atom stereocenters. The molecule has 0 saturated heterocycles. The van der Waals surface area contributed by atoms with E-state index in [1.807, 2.05) is 57.2 Å². The Balaban J connectivity index is 2.30. The molecule has 2 aromatic carbocycles. The molecule has 0 amide bonds. The number of esters is 1. The van der Waals surface area contributed by atoms with Gasteiger partial charge in [0.15, 0.2) is 11.9 Å². The number of hydrogen-bond acceptors (Lipinski definition) is 5. The van der Waals surface area contributed by atoms with Gasteiger partial charge in [0.25, 0.3) is 0 Å². The number of fused-ring (bicyclic) bond motifs is 1. The van der Waals surface area contributed by atoms with Gasteiger partial charge in [-0.2, -0.15) is 0 Å². The van der Waals surface area contributed by atoms with Crippen molar-refractivity contribution in [1.29, 1.82) is 0 Å². The number of benzene rings is 2. The summed E-state index contributed by atoms with van der Waals surface area (Å²) in [5.74, 6) is -0.255. The molecule has 0 bridgehead atoms. The maximum atomic E-state index is 13.2. The lowest BCUT2D eigenvalue weighted by Gasteiger charge is -2.16. The largest absolute Gasteiger partial charge is 0.471 e. The summed E-state index contributed by atoms with van der Waals surface area (Å²) in [4.78, 5) is 25.0. The molecule has 0 N–H and O–H groups in total. The zero-order valence-electron chi connectivity index (χ0n) is 16.1. The highest BCUT2D eigenvalue weighted by molar-refractivity contribution is 5.85. The van der Waals surface area contributed by atoms with Crippen LogP contribution in [0.3, 0.4) is 0 Å². The Morgan fingerprint density at radius 3 is 2.33 bits per heavy atom. The normalized spacial score (nSPS) is 12.0. The van der Waals surface area contributed by atoms with Gasteiger partial charge >= 0.3 is 5.97 Å². The molecule has 0 aliphatic carbocycles. The third-order valence-electron chi connectivity index (χ3n) is 4.44. The monoisotopic (exact) mass is 366 g/mol. The van der Waals surface area contributed by atoms with Crippen LogP contribution < -0.4 is 10.2 Å². The number of rotatable bonds is 4. The molecule has 1 aromatic heterocycles. The summed E-state index contributed by atoms with van der Waals surface area (Å²) in [6.45, 7) is 7.31. The van der Waals surface area contributed by atoms with Crippen LogP contribution in [0.1, 0.15) is 23.6 Å². The number of carbonyl (C=O) groups excluding carboxylic acids is 1. The minimum Gasteiger partial charge on any atom is -0.471 e. The van der Waals surface area contributed by atoms with E-state index in [1.54, 1.807) is 0 Å². The lowest BCUT2D eigenvalue weighted by atomic mass is 10.0. The average Bonchev–Trinajstić information content (AvgIpc) is 2.63. The van der Waals surface area contributed by atoms with E-state index in [-0.39, 0.29) is 11.2 Å². The molecule has 0 spiro atoms. The summed E-state index contributed by atoms with van der Waals surface area (Å²) in [7, 11) is 1.28. The topological polar surface area (TPSA) is 65.7 Å². The molecule has 1 heterocycles. The Hall–Kier alpha value is -3.08. The summed E-state index contributed by atoms with van der Waals surface area (Å²) >= 11 is 0. The smallest absolute Gasteiger partial charge is 0.346 e. The van der Waals surface area contributed by atoms with Crippen molar-refractivity contribution in [3.63, 3.8) is 0 Å². The molecule has 0 aliphatic heterocycles. The van der Waals surface area contributed by atoms with Gasteiger partial charge in [0, 0.05) is 5.56 Å². The van der Waals surface area contributed by atoms with Crippen LogP contribution in [0.15, 0.2) is 45.6 Å². The van der Waals surface area contributed by atoms with Crippen molar-refractivity contribution in [2.75, 3.05) is 7.11 Å². The Morgan fingerprint density at radius 1 is 1.04 bits per heavy atom. The van der Waals surface area contributed by atoms with Crippen LogP contribution in [-0.2, 0) is 9.53 Å². The summed E-state index contributed by atoms with van der Waals surface area (Å²) in [6, 6.07) is 11.3. The van der Waals surface area contributed by atoms with E-state index in [0.29, 0.717) is 22.3 Å². The molecule has 0 unspecified atom stereocenters. The molecule has 0 radical (unpaired) electrons. The van der Waals surface area contributed by atoms with Gasteiger partial charge in [-0.3, -0.25) is 4.79 Å². The lowest BCUT2D eigenvalue weighted by Crippen LogP contribution is -2.27. The van der Waals surface area contributed by atoms with E-state index in [4.69, 9.17) is 13.9 Å². The van der Waals surface area contributed by atoms with Crippen molar-refractivity contribution in [2.45, 2.75) is 33.8 Å². The van der Waals surface area contributed by atoms with Gasteiger partial charge < -0.3 is 13.9 Å². The van der Waals surface area contributed by atoms with Gasteiger partial charge in [0.05, 0.1) is 12.5 Å². The average molecular weight is 366 g/mol. The first kappa shape index (κ1) is 18.7. The molecular weight excluding hydrogens is 344 g/mol. The fourth-order valence-electron chi connectivity index (χ4n) is 3.07. The summed E-state index contributed by atoms with van der Waals surface area (Å²) in [5.41, 5.74) is 3.76. The van der Waals surface area contributed by atoms with Crippen molar-refractivity contribution in [1.82, 2.24) is 0 Å². The van der Waals surface area contributed by atoms with Crippen molar-refractivity contribution in [2.24, 2.45) is 0 Å². The van der Waals surface area contributed by atoms with E-state index in [1.165, 1.54) is 14.0 Å². The van der Waals surface area contributed by atoms with Gasteiger partial charge in [0.2, 0.25) is 11.2 Å². The van der Waals surface area contributed by atoms with Crippen molar-refractivity contribution >= 4 is 16.9 Å². The third kappa shape index (κ3) is 3.58. The van der Waals surface area contributed by atoms with Crippen LogP contribution in [0, 0.1) is 20.8 Å². The van der Waals surface area contributed by atoms with Crippen LogP contribution in [0.25, 0.3) is 22.3 Å². The van der Waals surface area contributed by atoms with E-state index in [0.717, 1.165) is 16.7 Å². The zero-order chi connectivity index (χ0) is 19.7. The first-order chi connectivity index (χ1) is 12.8. The minimum atomic E-state index is -0.940. The van der Waals surface area contributed by atoms with E-state index < -0.39 is 12.1 Å². The first-order valence-corrected chi connectivity index (χ1v) is 8.71. The number of ether oxygens (including phenoxy) is 2. The quantitative estimate of drug-likeness (QED) is 0.643. The summed E-state index contributed by atoms with van der Waals surface area (Å²) < 4.78 is 16.5. The van der Waals surface area contributed by atoms with E-state index in [9.17, 15) is 9.59 Å². The molecule has 5 nitrogen and oxygen atoms in total. The summed E-state index contributed by atoms with van der Waals surface area (Å²) in [5, 5.41) is 0.448. The molecule has 0 saturated carbocycles.